The molecule has 0 aromatic rings. The number of hydrogen-bond acceptors (Lipinski definition) is 0. The summed E-state index contributed by atoms with van der Waals surface area (Å²) in [7, 11) is 0. The first kappa shape index (κ1) is 10.0. The number of hydrogen-bond donors (Lipinski definition) is 0. The van der Waals surface area contributed by atoms with E-state index >= 15 is 0 Å². The maximum absolute atomic E-state index is 12.2. The minimum Gasteiger partial charge on any atom is -0.206 e. The summed E-state index contributed by atoms with van der Waals surface area (Å²) in [5.74, 6) is -1.49. The third-order valence-corrected chi connectivity index (χ3v) is 2.85. The lowest BCUT2D eigenvalue weighted by molar-refractivity contribution is 0.652. The first-order valence-electron chi connectivity index (χ1n) is 2.21. The Morgan fingerprint density at radius 2 is 1.10 bits per heavy atom. The van der Waals surface area contributed by atoms with Gasteiger partial charge in [-0.1, -0.05) is 13.2 Å². The van der Waals surface area contributed by atoms with E-state index in [-0.39, 0.29) is 8.96 Å². The summed E-state index contributed by atoms with van der Waals surface area (Å²) in [4.78, 5) is 0. The minimum atomic E-state index is -0.745. The molecular formula is C6H4Br2F2. The molecule has 0 aliphatic carbocycles. The van der Waals surface area contributed by atoms with E-state index in [1.165, 1.54) is 0 Å². The second kappa shape index (κ2) is 4.03. The van der Waals surface area contributed by atoms with Crippen LogP contribution < -0.4 is 0 Å². The highest BCUT2D eigenvalue weighted by Gasteiger charge is 2.06. The molecule has 0 saturated heterocycles. The van der Waals surface area contributed by atoms with Gasteiger partial charge in [-0.25, -0.2) is 8.78 Å². The zero-order chi connectivity index (χ0) is 8.31. The van der Waals surface area contributed by atoms with Gasteiger partial charge in [0.25, 0.3) is 0 Å². The van der Waals surface area contributed by atoms with E-state index in [1.54, 1.807) is 0 Å². The fourth-order valence-electron chi connectivity index (χ4n) is 0.238. The average Bonchev–Trinajstić information content (AvgIpc) is 1.84. The highest BCUT2D eigenvalue weighted by Crippen LogP contribution is 2.29. The van der Waals surface area contributed by atoms with Gasteiger partial charge in [0.1, 0.15) is 11.7 Å². The van der Waals surface area contributed by atoms with Crippen LogP contribution >= 0.6 is 31.9 Å². The zero-order valence-electron chi connectivity index (χ0n) is 4.93. The zero-order valence-corrected chi connectivity index (χ0v) is 8.10. The Balaban J connectivity index is 4.67. The van der Waals surface area contributed by atoms with E-state index in [4.69, 9.17) is 0 Å². The summed E-state index contributed by atoms with van der Waals surface area (Å²) >= 11 is 5.53. The van der Waals surface area contributed by atoms with E-state index in [9.17, 15) is 8.78 Å². The molecule has 0 nitrogen and oxygen atoms in total. The Morgan fingerprint density at radius 3 is 1.20 bits per heavy atom. The van der Waals surface area contributed by atoms with Crippen LogP contribution in [0.25, 0.3) is 0 Å². The van der Waals surface area contributed by atoms with Gasteiger partial charge < -0.3 is 0 Å². The summed E-state index contributed by atoms with van der Waals surface area (Å²) in [6.45, 7) is 5.90. The highest BCUT2D eigenvalue weighted by molar-refractivity contribution is 9.14. The monoisotopic (exact) mass is 272 g/mol. The third kappa shape index (κ3) is 2.75. The smallest absolute Gasteiger partial charge is 0.131 e. The molecule has 0 aromatic carbocycles. The van der Waals surface area contributed by atoms with E-state index in [2.05, 4.69) is 45.0 Å². The van der Waals surface area contributed by atoms with E-state index < -0.39 is 11.7 Å². The van der Waals surface area contributed by atoms with Gasteiger partial charge >= 0.3 is 0 Å². The van der Waals surface area contributed by atoms with Gasteiger partial charge in [-0.3, -0.25) is 0 Å². The molecule has 4 heteroatoms. The molecule has 0 aromatic heterocycles. The molecule has 0 rings (SSSR count). The lowest BCUT2D eigenvalue weighted by Crippen LogP contribution is -1.76. The van der Waals surface area contributed by atoms with Crippen molar-refractivity contribution in [1.29, 1.82) is 0 Å². The van der Waals surface area contributed by atoms with Crippen LogP contribution in [0.15, 0.2) is 33.8 Å². The van der Waals surface area contributed by atoms with Crippen LogP contribution in [0.2, 0.25) is 0 Å². The van der Waals surface area contributed by atoms with Gasteiger partial charge in [-0.2, -0.15) is 0 Å². The molecule has 56 valence electrons. The molecule has 0 saturated carbocycles. The molecule has 0 bridgehead atoms. The first-order chi connectivity index (χ1) is 4.46. The van der Waals surface area contributed by atoms with Gasteiger partial charge in [-0.15, -0.1) is 0 Å². The predicted molar refractivity (Wildman–Crippen MR) is 45.4 cm³/mol. The molecule has 0 heterocycles. The Morgan fingerprint density at radius 1 is 0.900 bits per heavy atom. The molecular weight excluding hydrogens is 270 g/mol. The van der Waals surface area contributed by atoms with Crippen molar-refractivity contribution in [3.05, 3.63) is 33.8 Å². The second-order valence-electron chi connectivity index (χ2n) is 1.44. The van der Waals surface area contributed by atoms with E-state index in [0.29, 0.717) is 0 Å². The molecule has 0 N–H and O–H groups in total. The van der Waals surface area contributed by atoms with Crippen molar-refractivity contribution in [2.75, 3.05) is 0 Å². The van der Waals surface area contributed by atoms with Crippen molar-refractivity contribution in [3.8, 4) is 0 Å². The Kier molecular flexibility index (Phi) is 4.05. The highest BCUT2D eigenvalue weighted by atomic mass is 79.9. The molecule has 0 atom stereocenters. The summed E-state index contributed by atoms with van der Waals surface area (Å²) in [6.07, 6.45) is 0. The summed E-state index contributed by atoms with van der Waals surface area (Å²) < 4.78 is 24.2. The van der Waals surface area contributed by atoms with Gasteiger partial charge in [0.15, 0.2) is 0 Å². The van der Waals surface area contributed by atoms with Crippen molar-refractivity contribution in [3.63, 3.8) is 0 Å². The van der Waals surface area contributed by atoms with Crippen molar-refractivity contribution in [2.45, 2.75) is 0 Å². The quantitative estimate of drug-likeness (QED) is 0.668. The molecule has 0 amide bonds. The molecule has 0 fully saturated rings. The molecule has 0 aliphatic heterocycles. The summed E-state index contributed by atoms with van der Waals surface area (Å²) in [5, 5.41) is 0. The number of allylic oxidation sites excluding steroid dienone is 4. The first-order valence-corrected chi connectivity index (χ1v) is 3.80. The Bertz CT molecular complexity index is 184. The molecule has 0 aliphatic rings. The lowest BCUT2D eigenvalue weighted by Gasteiger charge is -1.96. The van der Waals surface area contributed by atoms with Crippen LogP contribution in [-0.2, 0) is 0 Å². The Labute approximate surface area is 74.6 Å². The number of rotatable bonds is 2. The largest absolute Gasteiger partial charge is 0.206 e. The van der Waals surface area contributed by atoms with Crippen LogP contribution in [-0.4, -0.2) is 0 Å². The fourth-order valence-corrected chi connectivity index (χ4v) is 0.668. The van der Waals surface area contributed by atoms with Gasteiger partial charge in [0.05, 0.1) is 8.96 Å². The van der Waals surface area contributed by atoms with Crippen LogP contribution in [0.3, 0.4) is 0 Å². The fraction of sp³-hybridized carbons (Fsp3) is 0. The maximum atomic E-state index is 12.2. The van der Waals surface area contributed by atoms with Crippen LogP contribution in [0.1, 0.15) is 0 Å². The molecule has 0 unspecified atom stereocenters. The van der Waals surface area contributed by atoms with Gasteiger partial charge in [-0.05, 0) is 31.9 Å². The van der Waals surface area contributed by atoms with Crippen molar-refractivity contribution >= 4 is 31.9 Å². The normalized spacial score (nSPS) is 12.4. The molecule has 0 spiro atoms. The van der Waals surface area contributed by atoms with Crippen LogP contribution in [0.5, 0.6) is 0 Å². The second-order valence-corrected chi connectivity index (χ2v) is 3.02. The van der Waals surface area contributed by atoms with E-state index in [0.717, 1.165) is 0 Å². The standard InChI is InChI=1S/C6H4Br2F2/c1-3(9)5(7)6(8)4(2)10/h1-2H2/b6-5-. The van der Waals surface area contributed by atoms with Crippen LogP contribution in [0.4, 0.5) is 8.78 Å². The van der Waals surface area contributed by atoms with Crippen molar-refractivity contribution < 1.29 is 8.78 Å². The van der Waals surface area contributed by atoms with E-state index in [1.807, 2.05) is 0 Å². The van der Waals surface area contributed by atoms with Crippen LogP contribution in [0, 0.1) is 0 Å². The minimum absolute atomic E-state index is 0.0556. The molecule has 10 heavy (non-hydrogen) atoms. The van der Waals surface area contributed by atoms with Crippen molar-refractivity contribution in [1.82, 2.24) is 0 Å². The molecule has 0 radical (unpaired) electrons. The van der Waals surface area contributed by atoms with Gasteiger partial charge in [0.2, 0.25) is 0 Å². The predicted octanol–water partition coefficient (Wildman–Crippen LogP) is 3.95. The summed E-state index contributed by atoms with van der Waals surface area (Å²) in [6, 6.07) is 0. The van der Waals surface area contributed by atoms with Gasteiger partial charge in [0, 0.05) is 0 Å². The maximum Gasteiger partial charge on any atom is 0.131 e. The lowest BCUT2D eigenvalue weighted by atomic mass is 10.4. The Hall–Kier alpha value is 0.0400. The SMILES string of the molecule is C=C(F)/C(Br)=C(/Br)C(=C)F. The summed E-state index contributed by atoms with van der Waals surface area (Å²) in [5.41, 5.74) is 0. The number of halogens is 4. The van der Waals surface area contributed by atoms with Crippen molar-refractivity contribution in [2.24, 2.45) is 0 Å². The third-order valence-electron chi connectivity index (χ3n) is 0.669. The topological polar surface area (TPSA) is 0 Å². The average molecular weight is 274 g/mol.